The lowest BCUT2D eigenvalue weighted by Crippen LogP contribution is -2.46. The smallest absolute Gasteiger partial charge is 0.221 e. The lowest BCUT2D eigenvalue weighted by molar-refractivity contribution is -0.122. The van der Waals surface area contributed by atoms with Crippen LogP contribution in [0, 0.1) is 0 Å². The highest BCUT2D eigenvalue weighted by atomic mass is 16.1. The van der Waals surface area contributed by atoms with Gasteiger partial charge in [0.2, 0.25) is 5.91 Å². The zero-order valence-corrected chi connectivity index (χ0v) is 12.1. The van der Waals surface area contributed by atoms with Crippen molar-refractivity contribution in [2.45, 2.75) is 63.3 Å². The van der Waals surface area contributed by atoms with Crippen LogP contribution in [0.3, 0.4) is 0 Å². The van der Waals surface area contributed by atoms with Crippen molar-refractivity contribution in [3.8, 4) is 0 Å². The number of carbonyl (C=O) groups excluding carboxylic acids is 1. The molecule has 19 heavy (non-hydrogen) atoms. The molecule has 0 unspecified atom stereocenters. The highest BCUT2D eigenvalue weighted by molar-refractivity contribution is 5.77. The number of amides is 1. The minimum Gasteiger partial charge on any atom is -0.356 e. The largest absolute Gasteiger partial charge is 0.356 e. The van der Waals surface area contributed by atoms with E-state index in [4.69, 9.17) is 5.73 Å². The van der Waals surface area contributed by atoms with Crippen LogP contribution < -0.4 is 11.1 Å². The molecular weight excluding hydrogens is 238 g/mol. The fourth-order valence-electron chi connectivity index (χ4n) is 3.35. The third kappa shape index (κ3) is 5.11. The summed E-state index contributed by atoms with van der Waals surface area (Å²) in [6.07, 6.45) is 9.89. The van der Waals surface area contributed by atoms with E-state index in [0.717, 1.165) is 32.4 Å². The summed E-state index contributed by atoms with van der Waals surface area (Å²) < 4.78 is 0. The number of nitrogens with two attached hydrogens (primary N) is 1. The molecule has 1 saturated carbocycles. The van der Waals surface area contributed by atoms with Gasteiger partial charge in [-0.3, -0.25) is 4.79 Å². The Bertz CT molecular complexity index is 281. The molecule has 0 radical (unpaired) electrons. The van der Waals surface area contributed by atoms with Crippen molar-refractivity contribution < 1.29 is 4.79 Å². The zero-order valence-electron chi connectivity index (χ0n) is 12.1. The molecule has 0 atom stereocenters. The van der Waals surface area contributed by atoms with Crippen molar-refractivity contribution in [3.63, 3.8) is 0 Å². The summed E-state index contributed by atoms with van der Waals surface area (Å²) in [7, 11) is 0. The summed E-state index contributed by atoms with van der Waals surface area (Å²) in [4.78, 5) is 14.4. The van der Waals surface area contributed by atoms with Crippen LogP contribution in [0.2, 0.25) is 0 Å². The first-order chi connectivity index (χ1) is 9.18. The summed E-state index contributed by atoms with van der Waals surface area (Å²) in [5.74, 6) is 0.144. The van der Waals surface area contributed by atoms with E-state index >= 15 is 0 Å². The molecule has 1 aliphatic heterocycles. The standard InChI is InChI=1S/C15H29N3O/c16-15(7-2-1-3-8-15)13-14(19)17-9-6-12-18-10-4-5-11-18/h1-13,16H2,(H,17,19). The quantitative estimate of drug-likeness (QED) is 0.719. The molecular formula is C15H29N3O. The van der Waals surface area contributed by atoms with E-state index in [9.17, 15) is 4.79 Å². The Labute approximate surface area is 117 Å². The number of likely N-dealkylation sites (tertiary alicyclic amines) is 1. The molecule has 0 aromatic carbocycles. The summed E-state index contributed by atoms with van der Waals surface area (Å²) >= 11 is 0. The van der Waals surface area contributed by atoms with E-state index in [0.29, 0.717) is 6.42 Å². The van der Waals surface area contributed by atoms with Crippen molar-refractivity contribution in [1.82, 2.24) is 10.2 Å². The molecule has 4 heteroatoms. The Kier molecular flexibility index (Phi) is 5.64. The molecule has 0 aromatic heterocycles. The molecule has 110 valence electrons. The molecule has 2 aliphatic rings. The predicted octanol–water partition coefficient (Wildman–Crippen LogP) is 1.64. The van der Waals surface area contributed by atoms with E-state index in [1.165, 1.54) is 45.2 Å². The first-order valence-electron chi connectivity index (χ1n) is 7.96. The normalized spacial score (nSPS) is 23.4. The van der Waals surface area contributed by atoms with E-state index < -0.39 is 0 Å². The average Bonchev–Trinajstić information content (AvgIpc) is 2.88. The minimum absolute atomic E-state index is 0.144. The highest BCUT2D eigenvalue weighted by Crippen LogP contribution is 2.28. The second-order valence-corrected chi connectivity index (χ2v) is 6.35. The molecule has 1 heterocycles. The van der Waals surface area contributed by atoms with Gasteiger partial charge in [-0.1, -0.05) is 19.3 Å². The topological polar surface area (TPSA) is 58.4 Å². The number of hydrogen-bond donors (Lipinski definition) is 2. The van der Waals surface area contributed by atoms with Gasteiger partial charge in [0.1, 0.15) is 0 Å². The number of hydrogen-bond acceptors (Lipinski definition) is 3. The maximum absolute atomic E-state index is 11.9. The second kappa shape index (κ2) is 7.25. The third-order valence-corrected chi connectivity index (χ3v) is 4.53. The molecule has 0 bridgehead atoms. The number of rotatable bonds is 6. The zero-order chi connectivity index (χ0) is 13.6. The van der Waals surface area contributed by atoms with Gasteiger partial charge in [-0.2, -0.15) is 0 Å². The van der Waals surface area contributed by atoms with Crippen LogP contribution in [-0.2, 0) is 4.79 Å². The van der Waals surface area contributed by atoms with Crippen molar-refractivity contribution in [2.75, 3.05) is 26.2 Å². The Morgan fingerprint density at radius 2 is 1.79 bits per heavy atom. The van der Waals surface area contributed by atoms with Gasteiger partial charge in [0.25, 0.3) is 0 Å². The van der Waals surface area contributed by atoms with Gasteiger partial charge in [0.05, 0.1) is 0 Å². The first kappa shape index (κ1) is 14.8. The Morgan fingerprint density at radius 1 is 1.11 bits per heavy atom. The molecule has 4 nitrogen and oxygen atoms in total. The van der Waals surface area contributed by atoms with E-state index in [2.05, 4.69) is 10.2 Å². The SMILES string of the molecule is NC1(CC(=O)NCCCN2CCCC2)CCCCC1. The van der Waals surface area contributed by atoms with Crippen LogP contribution in [0.1, 0.15) is 57.8 Å². The van der Waals surface area contributed by atoms with Gasteiger partial charge in [-0.05, 0) is 51.7 Å². The van der Waals surface area contributed by atoms with Gasteiger partial charge in [-0.15, -0.1) is 0 Å². The Morgan fingerprint density at radius 3 is 2.47 bits per heavy atom. The van der Waals surface area contributed by atoms with E-state index in [-0.39, 0.29) is 11.4 Å². The second-order valence-electron chi connectivity index (χ2n) is 6.35. The predicted molar refractivity (Wildman–Crippen MR) is 77.9 cm³/mol. The van der Waals surface area contributed by atoms with E-state index in [1.807, 2.05) is 0 Å². The molecule has 2 fully saturated rings. The number of nitrogens with zero attached hydrogens (tertiary/aromatic N) is 1. The summed E-state index contributed by atoms with van der Waals surface area (Å²) in [6.45, 7) is 4.39. The van der Waals surface area contributed by atoms with Crippen molar-refractivity contribution >= 4 is 5.91 Å². The lowest BCUT2D eigenvalue weighted by Gasteiger charge is -2.32. The lowest BCUT2D eigenvalue weighted by atomic mass is 9.80. The fourth-order valence-corrected chi connectivity index (χ4v) is 3.35. The van der Waals surface area contributed by atoms with Gasteiger partial charge in [0.15, 0.2) is 0 Å². The van der Waals surface area contributed by atoms with Crippen LogP contribution in [0.25, 0.3) is 0 Å². The van der Waals surface area contributed by atoms with Crippen molar-refractivity contribution in [3.05, 3.63) is 0 Å². The first-order valence-corrected chi connectivity index (χ1v) is 7.96. The molecule has 1 aliphatic carbocycles. The monoisotopic (exact) mass is 267 g/mol. The van der Waals surface area contributed by atoms with Gasteiger partial charge in [0, 0.05) is 18.5 Å². The number of nitrogens with one attached hydrogen (secondary N) is 1. The average molecular weight is 267 g/mol. The van der Waals surface area contributed by atoms with E-state index in [1.54, 1.807) is 0 Å². The molecule has 1 saturated heterocycles. The maximum Gasteiger partial charge on any atom is 0.221 e. The maximum atomic E-state index is 11.9. The molecule has 0 aromatic rings. The minimum atomic E-state index is -0.225. The van der Waals surface area contributed by atoms with Crippen LogP contribution in [-0.4, -0.2) is 42.5 Å². The Balaban J connectivity index is 1.56. The van der Waals surface area contributed by atoms with Gasteiger partial charge < -0.3 is 16.0 Å². The Hall–Kier alpha value is -0.610. The van der Waals surface area contributed by atoms with Crippen LogP contribution >= 0.6 is 0 Å². The molecule has 2 rings (SSSR count). The molecule has 1 amide bonds. The van der Waals surface area contributed by atoms with Crippen molar-refractivity contribution in [1.29, 1.82) is 0 Å². The van der Waals surface area contributed by atoms with Gasteiger partial charge in [-0.25, -0.2) is 0 Å². The molecule has 3 N–H and O–H groups in total. The highest BCUT2D eigenvalue weighted by Gasteiger charge is 2.29. The van der Waals surface area contributed by atoms with Crippen molar-refractivity contribution in [2.24, 2.45) is 5.73 Å². The number of carbonyl (C=O) groups is 1. The molecule has 0 spiro atoms. The fraction of sp³-hybridized carbons (Fsp3) is 0.933. The summed E-state index contributed by atoms with van der Waals surface area (Å²) in [6, 6.07) is 0. The third-order valence-electron chi connectivity index (χ3n) is 4.53. The van der Waals surface area contributed by atoms with Crippen LogP contribution in [0.15, 0.2) is 0 Å². The van der Waals surface area contributed by atoms with Crippen LogP contribution in [0.4, 0.5) is 0 Å². The van der Waals surface area contributed by atoms with Gasteiger partial charge >= 0.3 is 0 Å². The summed E-state index contributed by atoms with van der Waals surface area (Å²) in [5.41, 5.74) is 6.07. The van der Waals surface area contributed by atoms with Crippen LogP contribution in [0.5, 0.6) is 0 Å². The summed E-state index contributed by atoms with van der Waals surface area (Å²) in [5, 5.41) is 3.03.